The highest BCUT2D eigenvalue weighted by Crippen LogP contribution is 2.29. The van der Waals surface area contributed by atoms with Crippen LogP contribution >= 0.6 is 0 Å². The first-order valence-corrected chi connectivity index (χ1v) is 11.1. The lowest BCUT2D eigenvalue weighted by molar-refractivity contribution is 0.489. The largest absolute Gasteiger partial charge is 0.321 e. The van der Waals surface area contributed by atoms with E-state index >= 15 is 0 Å². The summed E-state index contributed by atoms with van der Waals surface area (Å²) in [4.78, 5) is 21.3. The molecule has 0 radical (unpaired) electrons. The lowest BCUT2D eigenvalue weighted by Crippen LogP contribution is -2.20. The third-order valence-electron chi connectivity index (χ3n) is 6.26. The van der Waals surface area contributed by atoms with Gasteiger partial charge in [0.05, 0.1) is 5.39 Å². The van der Waals surface area contributed by atoms with Gasteiger partial charge in [-0.05, 0) is 55.1 Å². The Morgan fingerprint density at radius 1 is 1.00 bits per heavy atom. The summed E-state index contributed by atoms with van der Waals surface area (Å²) in [6.45, 7) is 1.92. The molecule has 0 saturated heterocycles. The van der Waals surface area contributed by atoms with Gasteiger partial charge >= 0.3 is 0 Å². The van der Waals surface area contributed by atoms with Crippen LogP contribution in [0, 0.1) is 5.92 Å². The zero-order valence-electron chi connectivity index (χ0n) is 17.7. The number of rotatable bonds is 6. The normalized spacial score (nSPS) is 14.6. The minimum atomic E-state index is 0.673. The van der Waals surface area contributed by atoms with Crippen LogP contribution in [0.25, 0.3) is 44.8 Å². The number of nitrogens with one attached hydrogen (secondary N) is 3. The second-order valence-electron chi connectivity index (χ2n) is 8.51. The number of nitrogens with zero attached hydrogens (tertiary/aromatic N) is 5. The molecular weight excluding hydrogens is 400 g/mol. The number of aromatic amines is 2. The Balaban J connectivity index is 1.28. The van der Waals surface area contributed by atoms with Crippen LogP contribution in [-0.4, -0.2) is 41.7 Å². The van der Waals surface area contributed by atoms with Crippen LogP contribution in [0.4, 0.5) is 0 Å². The molecule has 0 bridgehead atoms. The number of pyridine rings is 3. The van der Waals surface area contributed by atoms with Gasteiger partial charge in [-0.3, -0.25) is 10.1 Å². The number of H-pyrrole nitrogens is 2. The van der Waals surface area contributed by atoms with E-state index < -0.39 is 0 Å². The molecule has 1 fully saturated rings. The topological polar surface area (TPSA) is 108 Å². The van der Waals surface area contributed by atoms with Crippen molar-refractivity contribution in [1.82, 2.24) is 40.4 Å². The van der Waals surface area contributed by atoms with Gasteiger partial charge in [-0.1, -0.05) is 12.8 Å². The van der Waals surface area contributed by atoms with E-state index in [0.29, 0.717) is 5.82 Å². The summed E-state index contributed by atoms with van der Waals surface area (Å²) in [5.74, 6) is 1.50. The molecule has 32 heavy (non-hydrogen) atoms. The molecule has 5 heterocycles. The van der Waals surface area contributed by atoms with E-state index in [4.69, 9.17) is 0 Å². The van der Waals surface area contributed by atoms with Crippen molar-refractivity contribution >= 4 is 22.2 Å². The van der Waals surface area contributed by atoms with Gasteiger partial charge in [0.1, 0.15) is 11.2 Å². The molecule has 6 rings (SSSR count). The number of hydrogen-bond donors (Lipinski definition) is 3. The fraction of sp³-hybridized carbons (Fsp3) is 0.292. The van der Waals surface area contributed by atoms with Crippen LogP contribution in [0.3, 0.4) is 0 Å². The Bertz CT molecular complexity index is 1350. The Morgan fingerprint density at radius 2 is 1.91 bits per heavy atom. The standard InChI is InChI=1S/C24H24N8/c1-2-5-15(4-1)10-25-11-16-8-17(13-26-12-16)18-9-19-21(31-32-22(19)28-14-18)24-29-20-6-3-7-27-23(20)30-24/h3,6-9,12-15,25H,1-2,4-5,10-11H2,(H,27,29,30)(H,28,31,32). The first-order chi connectivity index (χ1) is 15.8. The molecule has 0 spiro atoms. The van der Waals surface area contributed by atoms with Gasteiger partial charge in [-0.2, -0.15) is 5.10 Å². The maximum Gasteiger partial charge on any atom is 0.161 e. The van der Waals surface area contributed by atoms with Crippen molar-refractivity contribution in [2.24, 2.45) is 5.92 Å². The van der Waals surface area contributed by atoms with E-state index in [1.54, 1.807) is 6.20 Å². The number of imidazole rings is 1. The molecule has 1 aliphatic rings. The molecule has 0 unspecified atom stereocenters. The molecule has 0 atom stereocenters. The monoisotopic (exact) mass is 424 g/mol. The van der Waals surface area contributed by atoms with E-state index in [1.165, 1.54) is 31.2 Å². The molecular formula is C24H24N8. The van der Waals surface area contributed by atoms with Gasteiger partial charge in [0.25, 0.3) is 0 Å². The van der Waals surface area contributed by atoms with Crippen LogP contribution in [0.15, 0.2) is 49.1 Å². The van der Waals surface area contributed by atoms with Gasteiger partial charge < -0.3 is 10.3 Å². The molecule has 3 N–H and O–H groups in total. The van der Waals surface area contributed by atoms with Crippen molar-refractivity contribution in [3.8, 4) is 22.6 Å². The van der Waals surface area contributed by atoms with E-state index in [9.17, 15) is 0 Å². The van der Waals surface area contributed by atoms with E-state index in [-0.39, 0.29) is 0 Å². The first-order valence-electron chi connectivity index (χ1n) is 11.1. The molecule has 160 valence electrons. The Morgan fingerprint density at radius 3 is 2.81 bits per heavy atom. The minimum Gasteiger partial charge on any atom is -0.321 e. The predicted molar refractivity (Wildman–Crippen MR) is 124 cm³/mol. The van der Waals surface area contributed by atoms with Crippen LogP contribution in [-0.2, 0) is 6.54 Å². The zero-order valence-corrected chi connectivity index (χ0v) is 17.7. The molecule has 0 amide bonds. The zero-order chi connectivity index (χ0) is 21.3. The summed E-state index contributed by atoms with van der Waals surface area (Å²) in [5.41, 5.74) is 6.22. The summed E-state index contributed by atoms with van der Waals surface area (Å²) < 4.78 is 0. The van der Waals surface area contributed by atoms with Crippen LogP contribution in [0.2, 0.25) is 0 Å². The van der Waals surface area contributed by atoms with Crippen LogP contribution < -0.4 is 5.32 Å². The van der Waals surface area contributed by atoms with Gasteiger partial charge in [0, 0.05) is 42.5 Å². The highest BCUT2D eigenvalue weighted by molar-refractivity contribution is 5.93. The van der Waals surface area contributed by atoms with Crippen molar-refractivity contribution in [2.75, 3.05) is 6.54 Å². The highest BCUT2D eigenvalue weighted by Gasteiger charge is 2.16. The molecule has 0 aromatic carbocycles. The molecule has 1 saturated carbocycles. The summed E-state index contributed by atoms with van der Waals surface area (Å²) in [5, 5.41) is 12.0. The van der Waals surface area contributed by atoms with Gasteiger partial charge in [0.2, 0.25) is 0 Å². The van der Waals surface area contributed by atoms with Crippen molar-refractivity contribution in [3.05, 3.63) is 54.6 Å². The third-order valence-corrected chi connectivity index (χ3v) is 6.26. The summed E-state index contributed by atoms with van der Waals surface area (Å²) in [6, 6.07) is 8.08. The van der Waals surface area contributed by atoms with Gasteiger partial charge in [0.15, 0.2) is 17.1 Å². The van der Waals surface area contributed by atoms with E-state index in [2.05, 4.69) is 52.6 Å². The Labute approximate surface area is 184 Å². The van der Waals surface area contributed by atoms with Crippen molar-refractivity contribution < 1.29 is 0 Å². The molecule has 5 aromatic rings. The van der Waals surface area contributed by atoms with Crippen molar-refractivity contribution in [2.45, 2.75) is 32.2 Å². The quantitative estimate of drug-likeness (QED) is 0.376. The van der Waals surface area contributed by atoms with Crippen molar-refractivity contribution in [1.29, 1.82) is 0 Å². The number of hydrogen-bond acceptors (Lipinski definition) is 6. The average molecular weight is 425 g/mol. The van der Waals surface area contributed by atoms with Crippen molar-refractivity contribution in [3.63, 3.8) is 0 Å². The minimum absolute atomic E-state index is 0.673. The predicted octanol–water partition coefficient (Wildman–Crippen LogP) is 4.24. The molecule has 8 nitrogen and oxygen atoms in total. The third kappa shape index (κ3) is 3.62. The smallest absolute Gasteiger partial charge is 0.161 e. The Hall–Kier alpha value is -3.65. The highest BCUT2D eigenvalue weighted by atomic mass is 15.2. The maximum atomic E-state index is 4.64. The lowest BCUT2D eigenvalue weighted by atomic mass is 10.1. The van der Waals surface area contributed by atoms with E-state index in [1.807, 2.05) is 30.7 Å². The average Bonchev–Trinajstić information content (AvgIpc) is 3.58. The summed E-state index contributed by atoms with van der Waals surface area (Å²) in [7, 11) is 0. The fourth-order valence-electron chi connectivity index (χ4n) is 4.58. The maximum absolute atomic E-state index is 4.64. The summed E-state index contributed by atoms with van der Waals surface area (Å²) in [6.07, 6.45) is 12.9. The van der Waals surface area contributed by atoms with E-state index in [0.717, 1.165) is 58.0 Å². The van der Waals surface area contributed by atoms with Gasteiger partial charge in [-0.15, -0.1) is 0 Å². The van der Waals surface area contributed by atoms with Crippen LogP contribution in [0.5, 0.6) is 0 Å². The molecule has 1 aliphatic carbocycles. The summed E-state index contributed by atoms with van der Waals surface area (Å²) >= 11 is 0. The number of fused-ring (bicyclic) bond motifs is 2. The fourth-order valence-corrected chi connectivity index (χ4v) is 4.58. The molecule has 0 aliphatic heterocycles. The number of aromatic nitrogens is 7. The molecule has 8 heteroatoms. The SMILES string of the molecule is c1cnc2[nH]c(-c3n[nH]c4ncc(-c5cncc(CNCC6CCCC6)c5)cc34)nc2c1. The Kier molecular flexibility index (Phi) is 4.84. The molecule has 5 aromatic heterocycles. The van der Waals surface area contributed by atoms with Crippen LogP contribution in [0.1, 0.15) is 31.2 Å². The second-order valence-corrected chi connectivity index (χ2v) is 8.51. The lowest BCUT2D eigenvalue weighted by Gasteiger charge is -2.11. The van der Waals surface area contributed by atoms with Gasteiger partial charge in [-0.25, -0.2) is 15.0 Å². The first kappa shape index (κ1) is 19.1. The second kappa shape index (κ2) is 8.12.